The fraction of sp³-hybridized carbons (Fsp3) is 1.00. The maximum atomic E-state index is 5.73. The van der Waals surface area contributed by atoms with Gasteiger partial charge in [0.05, 0.1) is 36.9 Å². The Hall–Kier alpha value is 0.360. The Morgan fingerprint density at radius 2 is 2.31 bits per heavy atom. The summed E-state index contributed by atoms with van der Waals surface area (Å²) >= 11 is 3.51. The lowest BCUT2D eigenvalue weighted by atomic mass is 10.3. The van der Waals surface area contributed by atoms with Crippen LogP contribution in [0.2, 0.25) is 0 Å². The van der Waals surface area contributed by atoms with Crippen LogP contribution in [-0.2, 0) is 14.2 Å². The van der Waals surface area contributed by atoms with Gasteiger partial charge in [0.2, 0.25) is 0 Å². The van der Waals surface area contributed by atoms with Crippen LogP contribution in [0.15, 0.2) is 0 Å². The van der Waals surface area contributed by atoms with Gasteiger partial charge in [0, 0.05) is 6.61 Å². The summed E-state index contributed by atoms with van der Waals surface area (Å²) in [5.74, 6) is 0. The molecule has 0 N–H and O–H groups in total. The van der Waals surface area contributed by atoms with Gasteiger partial charge in [-0.25, -0.2) is 0 Å². The molecule has 1 aliphatic heterocycles. The van der Waals surface area contributed by atoms with Crippen LogP contribution in [0.1, 0.15) is 13.8 Å². The highest BCUT2D eigenvalue weighted by Gasteiger charge is 2.27. The van der Waals surface area contributed by atoms with Crippen LogP contribution in [0, 0.1) is 0 Å². The molecule has 13 heavy (non-hydrogen) atoms. The minimum atomic E-state index is 0.145. The Morgan fingerprint density at radius 3 is 2.85 bits per heavy atom. The van der Waals surface area contributed by atoms with E-state index in [0.717, 1.165) is 13.2 Å². The molecule has 0 aromatic heterocycles. The second-order valence-electron chi connectivity index (χ2n) is 3.20. The lowest BCUT2D eigenvalue weighted by molar-refractivity contribution is -0.0457. The van der Waals surface area contributed by atoms with Gasteiger partial charge in [-0.2, -0.15) is 0 Å². The van der Waals surface area contributed by atoms with E-state index in [1.165, 1.54) is 0 Å². The van der Waals surface area contributed by atoms with E-state index in [9.17, 15) is 0 Å². The van der Waals surface area contributed by atoms with Crippen molar-refractivity contribution in [2.24, 2.45) is 0 Å². The first-order valence-corrected chi connectivity index (χ1v) is 5.60. The van der Waals surface area contributed by atoms with E-state index in [4.69, 9.17) is 14.2 Å². The van der Waals surface area contributed by atoms with Crippen LogP contribution in [0.4, 0.5) is 0 Å². The summed E-state index contributed by atoms with van der Waals surface area (Å²) in [6.45, 7) is 6.84. The third-order valence-electron chi connectivity index (χ3n) is 1.93. The molecule has 1 fully saturated rings. The Balaban J connectivity index is 2.15. The van der Waals surface area contributed by atoms with Gasteiger partial charge in [-0.05, 0) is 13.8 Å². The van der Waals surface area contributed by atoms with E-state index in [2.05, 4.69) is 15.9 Å². The number of rotatable bonds is 5. The van der Waals surface area contributed by atoms with Gasteiger partial charge < -0.3 is 14.2 Å². The average Bonchev–Trinajstić information content (AvgIpc) is 2.48. The molecule has 4 heteroatoms. The fourth-order valence-corrected chi connectivity index (χ4v) is 1.72. The van der Waals surface area contributed by atoms with E-state index in [1.54, 1.807) is 0 Å². The highest BCUT2D eigenvalue weighted by molar-refractivity contribution is 9.09. The molecule has 1 heterocycles. The van der Waals surface area contributed by atoms with Crippen molar-refractivity contribution in [2.75, 3.05) is 26.4 Å². The van der Waals surface area contributed by atoms with Crippen LogP contribution in [0.25, 0.3) is 0 Å². The maximum Gasteiger partial charge on any atom is 0.0960 e. The molecule has 0 aromatic carbocycles. The van der Waals surface area contributed by atoms with E-state index in [1.807, 2.05) is 13.8 Å². The first-order chi connectivity index (χ1) is 6.24. The molecule has 0 amide bonds. The lowest BCUT2D eigenvalue weighted by Gasteiger charge is -2.19. The van der Waals surface area contributed by atoms with Gasteiger partial charge in [0.25, 0.3) is 0 Å². The highest BCUT2D eigenvalue weighted by atomic mass is 79.9. The molecule has 3 nitrogen and oxygen atoms in total. The normalized spacial score (nSPS) is 30.7. The first kappa shape index (κ1) is 11.4. The first-order valence-electron chi connectivity index (χ1n) is 4.69. The van der Waals surface area contributed by atoms with Crippen LogP contribution < -0.4 is 0 Å². The zero-order chi connectivity index (χ0) is 9.68. The predicted octanol–water partition coefficient (Wildman–Crippen LogP) is 1.59. The van der Waals surface area contributed by atoms with Gasteiger partial charge in [-0.1, -0.05) is 15.9 Å². The summed E-state index contributed by atoms with van der Waals surface area (Å²) in [4.78, 5) is 0.330. The topological polar surface area (TPSA) is 27.7 Å². The minimum absolute atomic E-state index is 0.145. The van der Waals surface area contributed by atoms with E-state index in [0.29, 0.717) is 18.0 Å². The van der Waals surface area contributed by atoms with Crippen molar-refractivity contribution in [3.63, 3.8) is 0 Å². The number of ether oxygens (including phenoxy) is 3. The molecule has 0 saturated carbocycles. The fourth-order valence-electron chi connectivity index (χ4n) is 1.25. The van der Waals surface area contributed by atoms with Gasteiger partial charge in [-0.3, -0.25) is 0 Å². The number of hydrogen-bond donors (Lipinski definition) is 0. The zero-order valence-corrected chi connectivity index (χ0v) is 9.75. The molecule has 1 aliphatic rings. The van der Waals surface area contributed by atoms with E-state index in [-0.39, 0.29) is 12.2 Å². The zero-order valence-electron chi connectivity index (χ0n) is 8.16. The third kappa shape index (κ3) is 3.94. The molecule has 0 spiro atoms. The van der Waals surface area contributed by atoms with Crippen molar-refractivity contribution < 1.29 is 14.2 Å². The summed E-state index contributed by atoms with van der Waals surface area (Å²) in [6, 6.07) is 0. The van der Waals surface area contributed by atoms with Crippen molar-refractivity contribution >= 4 is 15.9 Å². The molecule has 0 bridgehead atoms. The monoisotopic (exact) mass is 252 g/mol. The summed E-state index contributed by atoms with van der Waals surface area (Å²) in [6.07, 6.45) is 0.321. The molecule has 0 radical (unpaired) electrons. The third-order valence-corrected chi connectivity index (χ3v) is 2.78. The molecule has 1 rings (SSSR count). The van der Waals surface area contributed by atoms with Gasteiger partial charge in [-0.15, -0.1) is 0 Å². The van der Waals surface area contributed by atoms with E-state index < -0.39 is 0 Å². The number of halogens is 1. The van der Waals surface area contributed by atoms with Gasteiger partial charge in [0.1, 0.15) is 0 Å². The average molecular weight is 253 g/mol. The van der Waals surface area contributed by atoms with Gasteiger partial charge >= 0.3 is 0 Å². The van der Waals surface area contributed by atoms with E-state index >= 15 is 0 Å². The Morgan fingerprint density at radius 1 is 1.54 bits per heavy atom. The molecular formula is C9H17BrO3. The second-order valence-corrected chi connectivity index (χ2v) is 4.37. The molecule has 0 aliphatic carbocycles. The minimum Gasteiger partial charge on any atom is -0.379 e. The molecule has 78 valence electrons. The maximum absolute atomic E-state index is 5.73. The second kappa shape index (κ2) is 5.96. The molecule has 0 aromatic rings. The number of alkyl halides is 1. The molecule has 1 saturated heterocycles. The summed E-state index contributed by atoms with van der Waals surface area (Å²) in [5, 5.41) is 0. The SMILES string of the molecule is CCOCC(C)OC1COCC1Br. The Bertz CT molecular complexity index is 143. The Labute approximate surface area is 87.9 Å². The van der Waals surface area contributed by atoms with Crippen LogP contribution in [-0.4, -0.2) is 43.5 Å². The smallest absolute Gasteiger partial charge is 0.0960 e. The molecule has 3 atom stereocenters. The van der Waals surface area contributed by atoms with Crippen molar-refractivity contribution in [1.82, 2.24) is 0 Å². The summed E-state index contributed by atoms with van der Waals surface area (Å²) < 4.78 is 16.3. The largest absolute Gasteiger partial charge is 0.379 e. The van der Waals surface area contributed by atoms with Crippen molar-refractivity contribution in [3.8, 4) is 0 Å². The standard InChI is InChI=1S/C9H17BrO3/c1-3-11-4-7(2)13-9-6-12-5-8(9)10/h7-9H,3-6H2,1-2H3. The molecule has 3 unspecified atom stereocenters. The van der Waals surface area contributed by atoms with Crippen LogP contribution in [0.3, 0.4) is 0 Å². The van der Waals surface area contributed by atoms with Crippen molar-refractivity contribution in [1.29, 1.82) is 0 Å². The number of hydrogen-bond acceptors (Lipinski definition) is 3. The predicted molar refractivity (Wildman–Crippen MR) is 54.4 cm³/mol. The Kier molecular flexibility index (Phi) is 5.24. The molecular weight excluding hydrogens is 236 g/mol. The lowest BCUT2D eigenvalue weighted by Crippen LogP contribution is -2.29. The van der Waals surface area contributed by atoms with Crippen molar-refractivity contribution in [3.05, 3.63) is 0 Å². The summed E-state index contributed by atoms with van der Waals surface area (Å²) in [7, 11) is 0. The van der Waals surface area contributed by atoms with Crippen molar-refractivity contribution in [2.45, 2.75) is 30.9 Å². The van der Waals surface area contributed by atoms with Crippen LogP contribution in [0.5, 0.6) is 0 Å². The highest BCUT2D eigenvalue weighted by Crippen LogP contribution is 2.18. The summed E-state index contributed by atoms with van der Waals surface area (Å²) in [5.41, 5.74) is 0. The van der Waals surface area contributed by atoms with Gasteiger partial charge in [0.15, 0.2) is 0 Å². The quantitative estimate of drug-likeness (QED) is 0.696. The van der Waals surface area contributed by atoms with Crippen LogP contribution >= 0.6 is 15.9 Å².